The Hall–Kier alpha value is -3.10. The molecule has 14 heteroatoms. The Kier molecular flexibility index (Phi) is 3.17. The van der Waals surface area contributed by atoms with Crippen molar-refractivity contribution in [1.29, 1.82) is 0 Å². The van der Waals surface area contributed by atoms with Crippen molar-refractivity contribution in [1.82, 2.24) is 10.4 Å². The summed E-state index contributed by atoms with van der Waals surface area (Å²) in [5.41, 5.74) is -2.51. The maximum absolute atomic E-state index is 11.7. The fourth-order valence-electron chi connectivity index (χ4n) is 1.81. The van der Waals surface area contributed by atoms with Crippen LogP contribution in [0.5, 0.6) is 0 Å². The summed E-state index contributed by atoms with van der Waals surface area (Å²) in [6.07, 6.45) is 0. The Balaban J connectivity index is 2.19. The zero-order valence-electron chi connectivity index (χ0n) is 10.4. The number of oxime groups is 2. The molecule has 0 bridgehead atoms. The van der Waals surface area contributed by atoms with E-state index in [0.29, 0.717) is 0 Å². The molecule has 14 nitrogen and oxygen atoms in total. The monoisotopic (exact) mass is 314 g/mol. The van der Waals surface area contributed by atoms with Gasteiger partial charge in [0.15, 0.2) is 15.8 Å². The highest BCUT2D eigenvalue weighted by molar-refractivity contribution is 6.15. The van der Waals surface area contributed by atoms with Crippen LogP contribution < -0.4 is 4.90 Å². The zero-order valence-corrected chi connectivity index (χ0v) is 10.4. The summed E-state index contributed by atoms with van der Waals surface area (Å²) in [6, 6.07) is 0. The summed E-state index contributed by atoms with van der Waals surface area (Å²) in [4.78, 5) is 20.0. The van der Waals surface area contributed by atoms with Crippen LogP contribution in [0.1, 0.15) is 11.4 Å². The molecule has 0 saturated carbocycles. The Bertz CT molecular complexity index is 735. The summed E-state index contributed by atoms with van der Waals surface area (Å²) in [7, 11) is 0. The number of rotatable bonds is 3. The quantitative estimate of drug-likeness (QED) is 0.567. The van der Waals surface area contributed by atoms with Gasteiger partial charge in [0.2, 0.25) is 0 Å². The minimum Gasteiger partial charge on any atom is -0.722 e. The highest BCUT2D eigenvalue weighted by atomic mass is 17.0. The molecule has 1 aromatic heterocycles. The third-order valence-corrected chi connectivity index (χ3v) is 2.72. The van der Waals surface area contributed by atoms with Crippen molar-refractivity contribution in [2.75, 3.05) is 6.61 Å². The number of hydrogen-bond donors (Lipinski definition) is 2. The van der Waals surface area contributed by atoms with E-state index in [2.05, 4.69) is 30.0 Å². The van der Waals surface area contributed by atoms with Gasteiger partial charge in [-0.05, 0) is 14.7 Å². The van der Waals surface area contributed by atoms with Crippen molar-refractivity contribution in [3.63, 3.8) is 0 Å². The first kappa shape index (κ1) is 13.9. The normalized spacial score (nSPS) is 20.9. The Labute approximate surface area is 119 Å². The first-order chi connectivity index (χ1) is 10.6. The van der Waals surface area contributed by atoms with Crippen LogP contribution in [0.4, 0.5) is 0 Å². The number of hydroxylamine groups is 2. The lowest BCUT2D eigenvalue weighted by Gasteiger charge is -2.19. The number of aliphatic hydroxyl groups excluding tert-OH is 2. The van der Waals surface area contributed by atoms with E-state index in [1.165, 1.54) is 0 Å². The van der Waals surface area contributed by atoms with Crippen LogP contribution in [0, 0.1) is 15.3 Å². The second-order valence-electron chi connectivity index (χ2n) is 3.89. The molecule has 0 radical (unpaired) electrons. The fraction of sp³-hybridized carbons (Fsp3) is 0.250. The molecule has 0 spiro atoms. The van der Waals surface area contributed by atoms with E-state index in [1.807, 2.05) is 0 Å². The molecular formula is C8H6N6O8. The molecule has 0 atom stereocenters. The number of aliphatic hydroxyl groups is 2. The van der Waals surface area contributed by atoms with Gasteiger partial charge < -0.3 is 20.6 Å². The van der Waals surface area contributed by atoms with Crippen molar-refractivity contribution >= 4 is 11.4 Å². The van der Waals surface area contributed by atoms with Gasteiger partial charge in [0.25, 0.3) is 11.4 Å². The number of aromatic nitrogens is 2. The fourth-order valence-corrected chi connectivity index (χ4v) is 1.81. The SMILES string of the molecule is O=[N+]1ON=C(c2c(CO)no[n+]2[O-])C1=C1C(CO)=NON1[O-]. The molecule has 0 aliphatic carbocycles. The van der Waals surface area contributed by atoms with Crippen LogP contribution in [-0.2, 0) is 16.5 Å². The molecule has 0 unspecified atom stereocenters. The van der Waals surface area contributed by atoms with Gasteiger partial charge >= 0.3 is 11.4 Å². The third-order valence-electron chi connectivity index (χ3n) is 2.72. The van der Waals surface area contributed by atoms with Crippen LogP contribution in [0.25, 0.3) is 0 Å². The van der Waals surface area contributed by atoms with E-state index in [0.717, 1.165) is 0 Å². The lowest BCUT2D eigenvalue weighted by atomic mass is 10.1. The summed E-state index contributed by atoms with van der Waals surface area (Å²) in [6.45, 7) is -1.43. The predicted molar refractivity (Wildman–Crippen MR) is 60.5 cm³/mol. The molecule has 0 saturated heterocycles. The van der Waals surface area contributed by atoms with Crippen LogP contribution >= 0.6 is 0 Å². The zero-order chi connectivity index (χ0) is 15.9. The lowest BCUT2D eigenvalue weighted by Crippen LogP contribution is -2.34. The number of allylic oxidation sites excluding steroid dienone is 1. The van der Waals surface area contributed by atoms with E-state index >= 15 is 0 Å². The minimum atomic E-state index is -0.730. The van der Waals surface area contributed by atoms with Gasteiger partial charge in [0, 0.05) is 5.16 Å². The molecule has 3 rings (SSSR count). The second-order valence-corrected chi connectivity index (χ2v) is 3.89. The smallest absolute Gasteiger partial charge is 0.335 e. The highest BCUT2D eigenvalue weighted by Gasteiger charge is 2.48. The molecule has 2 N–H and O–H groups in total. The molecule has 3 heterocycles. The van der Waals surface area contributed by atoms with Gasteiger partial charge in [-0.1, -0.05) is 5.16 Å². The van der Waals surface area contributed by atoms with Crippen molar-refractivity contribution < 1.29 is 34.5 Å². The maximum Gasteiger partial charge on any atom is 0.335 e. The van der Waals surface area contributed by atoms with Crippen molar-refractivity contribution in [3.05, 3.63) is 38.1 Å². The van der Waals surface area contributed by atoms with Crippen LogP contribution in [-0.4, -0.2) is 43.5 Å². The van der Waals surface area contributed by atoms with Gasteiger partial charge in [-0.15, -0.1) is 0 Å². The molecule has 0 fully saturated rings. The molecule has 0 aromatic carbocycles. The number of hydrogen-bond acceptors (Lipinski definition) is 12. The Morgan fingerprint density at radius 1 is 1.27 bits per heavy atom. The molecule has 116 valence electrons. The van der Waals surface area contributed by atoms with Gasteiger partial charge in [0.05, 0.1) is 6.61 Å². The van der Waals surface area contributed by atoms with Crippen molar-refractivity contribution in [2.24, 2.45) is 10.3 Å². The Morgan fingerprint density at radius 2 is 2.05 bits per heavy atom. The van der Waals surface area contributed by atoms with Crippen LogP contribution in [0.2, 0.25) is 0 Å². The summed E-state index contributed by atoms with van der Waals surface area (Å²) in [5.74, 6) is 0. The highest BCUT2D eigenvalue weighted by Crippen LogP contribution is 2.26. The van der Waals surface area contributed by atoms with Crippen molar-refractivity contribution in [3.8, 4) is 0 Å². The van der Waals surface area contributed by atoms with E-state index in [-0.39, 0.29) is 26.5 Å². The topological polar surface area (TPSA) is 183 Å². The van der Waals surface area contributed by atoms with Crippen molar-refractivity contribution in [2.45, 2.75) is 6.61 Å². The van der Waals surface area contributed by atoms with E-state index < -0.39 is 36.0 Å². The molecule has 22 heavy (non-hydrogen) atoms. The maximum atomic E-state index is 11.7. The summed E-state index contributed by atoms with van der Waals surface area (Å²) >= 11 is 0. The van der Waals surface area contributed by atoms with Crippen LogP contribution in [0.15, 0.2) is 26.3 Å². The first-order valence-corrected chi connectivity index (χ1v) is 5.57. The van der Waals surface area contributed by atoms with E-state index in [9.17, 15) is 15.3 Å². The molecule has 2 aliphatic heterocycles. The number of nitrogens with zero attached hydrogens (tertiary/aromatic N) is 6. The summed E-state index contributed by atoms with van der Waals surface area (Å²) in [5, 5.41) is 51.1. The molecular weight excluding hydrogens is 308 g/mol. The van der Waals surface area contributed by atoms with E-state index in [1.54, 1.807) is 0 Å². The first-order valence-electron chi connectivity index (χ1n) is 5.57. The second kappa shape index (κ2) is 5.02. The van der Waals surface area contributed by atoms with Gasteiger partial charge in [-0.3, -0.25) is 9.57 Å². The molecule has 1 aromatic rings. The average Bonchev–Trinajstić information content (AvgIpc) is 3.16. The largest absolute Gasteiger partial charge is 0.722 e. The van der Waals surface area contributed by atoms with Gasteiger partial charge in [-0.2, -0.15) is 0 Å². The summed E-state index contributed by atoms with van der Waals surface area (Å²) < 4.78 is 4.29. The Morgan fingerprint density at radius 3 is 2.73 bits per heavy atom. The molecule has 0 amide bonds. The predicted octanol–water partition coefficient (Wildman–Crippen LogP) is -2.47. The standard InChI is InChI=1S/C8H6N6O8/c15-1-3-6(12(17)20-9-3)5-8(14(19)22-11-5)7-4(2-16)10-21-13(7)18/h15-16H,1-2H2. The minimum absolute atomic E-state index is 0.131. The third kappa shape index (κ3) is 1.86. The van der Waals surface area contributed by atoms with Gasteiger partial charge in [-0.25, -0.2) is 5.23 Å². The lowest BCUT2D eigenvalue weighted by molar-refractivity contribution is -0.803. The molecule has 2 aliphatic rings. The average molecular weight is 314 g/mol. The van der Waals surface area contributed by atoms with Crippen LogP contribution in [0.3, 0.4) is 0 Å². The van der Waals surface area contributed by atoms with E-state index in [4.69, 9.17) is 10.2 Å². The van der Waals surface area contributed by atoms with Gasteiger partial charge in [0.1, 0.15) is 12.3 Å².